The maximum Gasteiger partial charge on any atom is 0.00970 e. The highest BCUT2D eigenvalue weighted by molar-refractivity contribution is 4.73. The van der Waals surface area contributed by atoms with E-state index >= 15 is 0 Å². The third-order valence-corrected chi connectivity index (χ3v) is 2.89. The molecule has 2 N–H and O–H groups in total. The highest BCUT2D eigenvalue weighted by Crippen LogP contribution is 2.24. The molecule has 0 amide bonds. The standard InChI is InChI=1S/C13H30N2/c1-11(12(2,3)4)10-14-8-9-15-13(5,6)7/h11,14-15H,8-10H2,1-7H3/t11-/m1/s1. The van der Waals surface area contributed by atoms with Gasteiger partial charge in [0.2, 0.25) is 0 Å². The Morgan fingerprint density at radius 3 is 1.87 bits per heavy atom. The van der Waals surface area contributed by atoms with Crippen molar-refractivity contribution in [1.29, 1.82) is 0 Å². The molecule has 2 nitrogen and oxygen atoms in total. The molecule has 0 saturated heterocycles. The van der Waals surface area contributed by atoms with Crippen molar-refractivity contribution >= 4 is 0 Å². The average molecular weight is 214 g/mol. The lowest BCUT2D eigenvalue weighted by Crippen LogP contribution is -2.41. The molecular weight excluding hydrogens is 184 g/mol. The van der Waals surface area contributed by atoms with E-state index in [9.17, 15) is 0 Å². The molecule has 0 fully saturated rings. The Morgan fingerprint density at radius 2 is 1.47 bits per heavy atom. The summed E-state index contributed by atoms with van der Waals surface area (Å²) in [6.45, 7) is 19.0. The summed E-state index contributed by atoms with van der Waals surface area (Å²) in [5, 5.41) is 6.97. The molecule has 2 heteroatoms. The van der Waals surface area contributed by atoms with Gasteiger partial charge in [-0.15, -0.1) is 0 Å². The largest absolute Gasteiger partial charge is 0.315 e. The van der Waals surface area contributed by atoms with Crippen LogP contribution in [0.1, 0.15) is 48.5 Å². The molecule has 0 aromatic heterocycles. The molecule has 0 aromatic rings. The average Bonchev–Trinajstić information content (AvgIpc) is 1.99. The molecule has 92 valence electrons. The lowest BCUT2D eigenvalue weighted by molar-refractivity contribution is 0.252. The van der Waals surface area contributed by atoms with Crippen molar-refractivity contribution in [2.75, 3.05) is 19.6 Å². The van der Waals surface area contributed by atoms with Gasteiger partial charge < -0.3 is 10.6 Å². The minimum Gasteiger partial charge on any atom is -0.315 e. The molecule has 0 aliphatic heterocycles. The van der Waals surface area contributed by atoms with Crippen molar-refractivity contribution in [3.63, 3.8) is 0 Å². The lowest BCUT2D eigenvalue weighted by Gasteiger charge is -2.28. The summed E-state index contributed by atoms with van der Waals surface area (Å²) in [5.74, 6) is 0.715. The Labute approximate surface area is 96.2 Å². The van der Waals surface area contributed by atoms with Crippen LogP contribution in [0.3, 0.4) is 0 Å². The zero-order chi connectivity index (χ0) is 12.1. The molecule has 0 radical (unpaired) electrons. The van der Waals surface area contributed by atoms with Gasteiger partial charge in [-0.3, -0.25) is 0 Å². The molecule has 0 heterocycles. The summed E-state index contributed by atoms with van der Waals surface area (Å²) in [5.41, 5.74) is 0.641. The summed E-state index contributed by atoms with van der Waals surface area (Å²) < 4.78 is 0. The van der Waals surface area contributed by atoms with Crippen molar-refractivity contribution in [3.8, 4) is 0 Å². The Kier molecular flexibility index (Phi) is 5.82. The van der Waals surface area contributed by atoms with Crippen LogP contribution in [0.2, 0.25) is 0 Å². The fraction of sp³-hybridized carbons (Fsp3) is 1.00. The van der Waals surface area contributed by atoms with Crippen LogP contribution >= 0.6 is 0 Å². The van der Waals surface area contributed by atoms with Crippen molar-refractivity contribution in [2.45, 2.75) is 54.0 Å². The second-order valence-corrected chi connectivity index (χ2v) is 6.65. The van der Waals surface area contributed by atoms with E-state index in [1.807, 2.05) is 0 Å². The van der Waals surface area contributed by atoms with E-state index in [0.29, 0.717) is 11.3 Å². The van der Waals surface area contributed by atoms with Crippen molar-refractivity contribution in [1.82, 2.24) is 10.6 Å². The third kappa shape index (κ3) is 8.88. The van der Waals surface area contributed by atoms with Crippen molar-refractivity contribution in [2.24, 2.45) is 11.3 Å². The molecule has 1 atom stereocenters. The van der Waals surface area contributed by atoms with E-state index in [4.69, 9.17) is 0 Å². The molecule has 0 aromatic carbocycles. The molecular formula is C13H30N2. The Morgan fingerprint density at radius 1 is 0.933 bits per heavy atom. The van der Waals surface area contributed by atoms with E-state index in [-0.39, 0.29) is 5.54 Å². The summed E-state index contributed by atoms with van der Waals surface area (Å²) in [4.78, 5) is 0. The van der Waals surface area contributed by atoms with Crippen molar-refractivity contribution in [3.05, 3.63) is 0 Å². The smallest absolute Gasteiger partial charge is 0.00970 e. The SMILES string of the molecule is C[C@H](CNCCNC(C)(C)C)C(C)(C)C. The highest BCUT2D eigenvalue weighted by atomic mass is 15.0. The van der Waals surface area contributed by atoms with Crippen LogP contribution in [0.5, 0.6) is 0 Å². The maximum atomic E-state index is 3.50. The second-order valence-electron chi connectivity index (χ2n) is 6.65. The molecule has 0 spiro atoms. The van der Waals surface area contributed by atoms with Gasteiger partial charge in [-0.25, -0.2) is 0 Å². The number of nitrogens with one attached hydrogen (secondary N) is 2. The van der Waals surface area contributed by atoms with Crippen LogP contribution in [-0.4, -0.2) is 25.2 Å². The van der Waals surface area contributed by atoms with E-state index in [1.54, 1.807) is 0 Å². The van der Waals surface area contributed by atoms with E-state index in [2.05, 4.69) is 59.1 Å². The zero-order valence-electron chi connectivity index (χ0n) is 11.7. The van der Waals surface area contributed by atoms with Gasteiger partial charge in [-0.1, -0.05) is 27.7 Å². The number of rotatable bonds is 5. The first-order valence-corrected chi connectivity index (χ1v) is 6.08. The topological polar surface area (TPSA) is 24.1 Å². The monoisotopic (exact) mass is 214 g/mol. The van der Waals surface area contributed by atoms with Gasteiger partial charge in [0.15, 0.2) is 0 Å². The Balaban J connectivity index is 3.48. The predicted octanol–water partition coefficient (Wildman–Crippen LogP) is 2.65. The van der Waals surface area contributed by atoms with Crippen LogP contribution in [-0.2, 0) is 0 Å². The van der Waals surface area contributed by atoms with Gasteiger partial charge in [0.25, 0.3) is 0 Å². The molecule has 0 rings (SSSR count). The van der Waals surface area contributed by atoms with E-state index in [0.717, 1.165) is 19.6 Å². The number of hydrogen-bond acceptors (Lipinski definition) is 2. The van der Waals surface area contributed by atoms with Crippen LogP contribution in [0.15, 0.2) is 0 Å². The van der Waals surface area contributed by atoms with Gasteiger partial charge in [0.1, 0.15) is 0 Å². The Hall–Kier alpha value is -0.0800. The van der Waals surface area contributed by atoms with Crippen LogP contribution < -0.4 is 10.6 Å². The fourth-order valence-electron chi connectivity index (χ4n) is 1.15. The number of hydrogen-bond donors (Lipinski definition) is 2. The van der Waals surface area contributed by atoms with Gasteiger partial charge in [0.05, 0.1) is 0 Å². The van der Waals surface area contributed by atoms with Gasteiger partial charge in [-0.2, -0.15) is 0 Å². The van der Waals surface area contributed by atoms with Gasteiger partial charge in [0, 0.05) is 18.6 Å². The first kappa shape index (κ1) is 14.9. The zero-order valence-corrected chi connectivity index (χ0v) is 11.7. The summed E-state index contributed by atoms with van der Waals surface area (Å²) in [6, 6.07) is 0. The molecule has 0 unspecified atom stereocenters. The maximum absolute atomic E-state index is 3.50. The highest BCUT2D eigenvalue weighted by Gasteiger charge is 2.19. The lowest BCUT2D eigenvalue weighted by atomic mass is 9.82. The van der Waals surface area contributed by atoms with Crippen LogP contribution in [0.4, 0.5) is 0 Å². The summed E-state index contributed by atoms with van der Waals surface area (Å²) >= 11 is 0. The van der Waals surface area contributed by atoms with Crippen LogP contribution in [0.25, 0.3) is 0 Å². The third-order valence-electron chi connectivity index (χ3n) is 2.89. The molecule has 15 heavy (non-hydrogen) atoms. The van der Waals surface area contributed by atoms with Gasteiger partial charge in [-0.05, 0) is 38.6 Å². The molecule has 0 aliphatic carbocycles. The minimum absolute atomic E-state index is 0.233. The van der Waals surface area contributed by atoms with Gasteiger partial charge >= 0.3 is 0 Å². The normalized spacial score (nSPS) is 15.4. The van der Waals surface area contributed by atoms with Crippen LogP contribution in [0, 0.1) is 11.3 Å². The first-order chi connectivity index (χ1) is 6.63. The second kappa shape index (κ2) is 5.86. The summed E-state index contributed by atoms with van der Waals surface area (Å²) in [6.07, 6.45) is 0. The predicted molar refractivity (Wildman–Crippen MR) is 69.2 cm³/mol. The quantitative estimate of drug-likeness (QED) is 0.688. The fourth-order valence-corrected chi connectivity index (χ4v) is 1.15. The van der Waals surface area contributed by atoms with E-state index in [1.165, 1.54) is 0 Å². The molecule has 0 aliphatic rings. The van der Waals surface area contributed by atoms with E-state index < -0.39 is 0 Å². The molecule has 0 saturated carbocycles. The first-order valence-electron chi connectivity index (χ1n) is 6.08. The molecule has 0 bridgehead atoms. The van der Waals surface area contributed by atoms with Crippen molar-refractivity contribution < 1.29 is 0 Å². The minimum atomic E-state index is 0.233. The summed E-state index contributed by atoms with van der Waals surface area (Å²) in [7, 11) is 0. The Bertz CT molecular complexity index is 162.